The molecule has 0 amide bonds. The highest BCUT2D eigenvalue weighted by atomic mass is 16.3. The van der Waals surface area contributed by atoms with Crippen molar-refractivity contribution in [1.82, 2.24) is 5.32 Å². The fourth-order valence-corrected chi connectivity index (χ4v) is 2.43. The molecular weight excluding hydrogens is 210 g/mol. The zero-order valence-corrected chi connectivity index (χ0v) is 10.3. The lowest BCUT2D eigenvalue weighted by Gasteiger charge is -2.26. The Kier molecular flexibility index (Phi) is 4.06. The zero-order chi connectivity index (χ0) is 12.1. The second-order valence-electron chi connectivity index (χ2n) is 4.46. The second-order valence-corrected chi connectivity index (χ2v) is 4.46. The molecule has 1 aromatic carbocycles. The average molecular weight is 229 g/mol. The SMILES string of the molecule is CC#CCCNC1CCCc2ccc(O)cc21. The van der Waals surface area contributed by atoms with Crippen LogP contribution in [-0.2, 0) is 6.42 Å². The molecule has 0 saturated carbocycles. The number of benzene rings is 1. The van der Waals surface area contributed by atoms with E-state index >= 15 is 0 Å². The van der Waals surface area contributed by atoms with E-state index in [1.165, 1.54) is 17.5 Å². The highest BCUT2D eigenvalue weighted by Gasteiger charge is 2.19. The van der Waals surface area contributed by atoms with Crippen LogP contribution in [0.25, 0.3) is 0 Å². The molecule has 0 aromatic heterocycles. The van der Waals surface area contributed by atoms with Crippen molar-refractivity contribution < 1.29 is 5.11 Å². The van der Waals surface area contributed by atoms with Crippen LogP contribution in [0.5, 0.6) is 5.75 Å². The van der Waals surface area contributed by atoms with Crippen molar-refractivity contribution in [3.8, 4) is 17.6 Å². The summed E-state index contributed by atoms with van der Waals surface area (Å²) in [7, 11) is 0. The third-order valence-corrected chi connectivity index (χ3v) is 3.26. The first-order chi connectivity index (χ1) is 8.31. The van der Waals surface area contributed by atoms with Gasteiger partial charge in [0.05, 0.1) is 0 Å². The van der Waals surface area contributed by atoms with E-state index in [1.54, 1.807) is 6.07 Å². The molecule has 0 spiro atoms. The largest absolute Gasteiger partial charge is 0.508 e. The van der Waals surface area contributed by atoms with Crippen molar-refractivity contribution in [2.75, 3.05) is 6.54 Å². The minimum Gasteiger partial charge on any atom is -0.508 e. The Labute approximate surface area is 103 Å². The van der Waals surface area contributed by atoms with Gasteiger partial charge in [0, 0.05) is 19.0 Å². The van der Waals surface area contributed by atoms with Gasteiger partial charge in [-0.05, 0) is 49.4 Å². The van der Waals surface area contributed by atoms with Crippen LogP contribution in [0.4, 0.5) is 0 Å². The molecule has 90 valence electrons. The third-order valence-electron chi connectivity index (χ3n) is 3.26. The van der Waals surface area contributed by atoms with Crippen LogP contribution in [0.1, 0.15) is 43.4 Å². The van der Waals surface area contributed by atoms with Gasteiger partial charge >= 0.3 is 0 Å². The van der Waals surface area contributed by atoms with Gasteiger partial charge in [0.15, 0.2) is 0 Å². The van der Waals surface area contributed by atoms with Crippen molar-refractivity contribution in [1.29, 1.82) is 0 Å². The molecule has 0 saturated heterocycles. The first-order valence-corrected chi connectivity index (χ1v) is 6.26. The first-order valence-electron chi connectivity index (χ1n) is 6.26. The van der Waals surface area contributed by atoms with Crippen molar-refractivity contribution in [2.45, 2.75) is 38.6 Å². The highest BCUT2D eigenvalue weighted by molar-refractivity contribution is 5.38. The third kappa shape index (κ3) is 3.01. The van der Waals surface area contributed by atoms with E-state index < -0.39 is 0 Å². The topological polar surface area (TPSA) is 32.3 Å². The minimum atomic E-state index is 0.366. The van der Waals surface area contributed by atoms with Crippen LogP contribution in [0.2, 0.25) is 0 Å². The number of phenols is 1. The number of aryl methyl sites for hydroxylation is 1. The molecule has 2 rings (SSSR count). The Morgan fingerprint density at radius 1 is 1.47 bits per heavy atom. The van der Waals surface area contributed by atoms with Gasteiger partial charge < -0.3 is 10.4 Å². The normalized spacial score (nSPS) is 18.1. The molecule has 1 aromatic rings. The minimum absolute atomic E-state index is 0.366. The quantitative estimate of drug-likeness (QED) is 0.617. The summed E-state index contributed by atoms with van der Waals surface area (Å²) in [6.45, 7) is 2.79. The molecule has 1 unspecified atom stereocenters. The zero-order valence-electron chi connectivity index (χ0n) is 10.3. The number of fused-ring (bicyclic) bond motifs is 1. The van der Waals surface area contributed by atoms with Gasteiger partial charge in [-0.3, -0.25) is 0 Å². The average Bonchev–Trinajstić information content (AvgIpc) is 2.35. The lowest BCUT2D eigenvalue weighted by molar-refractivity contribution is 0.450. The van der Waals surface area contributed by atoms with Crippen LogP contribution in [0.15, 0.2) is 18.2 Å². The Balaban J connectivity index is 2.05. The van der Waals surface area contributed by atoms with Gasteiger partial charge in [-0.1, -0.05) is 6.07 Å². The summed E-state index contributed by atoms with van der Waals surface area (Å²) in [5.41, 5.74) is 2.63. The van der Waals surface area contributed by atoms with Crippen LogP contribution in [0, 0.1) is 11.8 Å². The predicted molar refractivity (Wildman–Crippen MR) is 69.9 cm³/mol. The molecule has 0 radical (unpaired) electrons. The monoisotopic (exact) mass is 229 g/mol. The van der Waals surface area contributed by atoms with Crippen LogP contribution in [-0.4, -0.2) is 11.7 Å². The summed E-state index contributed by atoms with van der Waals surface area (Å²) >= 11 is 0. The Bertz CT molecular complexity index is 442. The van der Waals surface area contributed by atoms with E-state index in [4.69, 9.17) is 0 Å². The number of hydrogen-bond acceptors (Lipinski definition) is 2. The molecule has 1 aliphatic rings. The lowest BCUT2D eigenvalue weighted by atomic mass is 9.87. The summed E-state index contributed by atoms with van der Waals surface area (Å²) in [6.07, 6.45) is 4.38. The molecule has 0 fully saturated rings. The van der Waals surface area contributed by atoms with Crippen molar-refractivity contribution in [3.05, 3.63) is 29.3 Å². The molecule has 0 heterocycles. The molecule has 2 nitrogen and oxygen atoms in total. The van der Waals surface area contributed by atoms with E-state index in [2.05, 4.69) is 17.2 Å². The fraction of sp³-hybridized carbons (Fsp3) is 0.467. The van der Waals surface area contributed by atoms with Crippen LogP contribution < -0.4 is 5.32 Å². The fourth-order valence-electron chi connectivity index (χ4n) is 2.43. The molecule has 1 atom stereocenters. The number of hydrogen-bond donors (Lipinski definition) is 2. The van der Waals surface area contributed by atoms with Crippen LogP contribution in [0.3, 0.4) is 0 Å². The smallest absolute Gasteiger partial charge is 0.115 e. The van der Waals surface area contributed by atoms with Crippen molar-refractivity contribution in [2.24, 2.45) is 0 Å². The molecule has 0 bridgehead atoms. The summed E-state index contributed by atoms with van der Waals surface area (Å²) < 4.78 is 0. The van der Waals surface area contributed by atoms with Gasteiger partial charge in [-0.25, -0.2) is 0 Å². The van der Waals surface area contributed by atoms with E-state index in [1.807, 2.05) is 19.1 Å². The number of nitrogens with one attached hydrogen (secondary N) is 1. The lowest BCUT2D eigenvalue weighted by Crippen LogP contribution is -2.25. The number of aromatic hydroxyl groups is 1. The number of rotatable bonds is 3. The summed E-state index contributed by atoms with van der Waals surface area (Å²) in [5, 5.41) is 13.1. The predicted octanol–water partition coefficient (Wildman–Crippen LogP) is 2.77. The maximum atomic E-state index is 9.57. The number of phenolic OH excluding ortho intramolecular Hbond substituents is 1. The van der Waals surface area contributed by atoms with Crippen molar-refractivity contribution >= 4 is 0 Å². The van der Waals surface area contributed by atoms with Crippen molar-refractivity contribution in [3.63, 3.8) is 0 Å². The second kappa shape index (κ2) is 5.75. The first kappa shape index (κ1) is 12.0. The summed E-state index contributed by atoms with van der Waals surface area (Å²) in [4.78, 5) is 0. The molecule has 0 aliphatic heterocycles. The van der Waals surface area contributed by atoms with Crippen LogP contribution >= 0.6 is 0 Å². The summed E-state index contributed by atoms with van der Waals surface area (Å²) in [5.74, 6) is 6.33. The summed E-state index contributed by atoms with van der Waals surface area (Å²) in [6, 6.07) is 6.11. The highest BCUT2D eigenvalue weighted by Crippen LogP contribution is 2.31. The van der Waals surface area contributed by atoms with Gasteiger partial charge in [-0.15, -0.1) is 11.8 Å². The Morgan fingerprint density at radius 3 is 3.18 bits per heavy atom. The molecule has 2 N–H and O–H groups in total. The van der Waals surface area contributed by atoms with E-state index in [0.29, 0.717) is 11.8 Å². The maximum absolute atomic E-state index is 9.57. The Hall–Kier alpha value is -1.46. The van der Waals surface area contributed by atoms with E-state index in [9.17, 15) is 5.11 Å². The standard InChI is InChI=1S/C15H19NO/c1-2-3-4-10-16-15-7-5-6-12-8-9-13(17)11-14(12)15/h8-9,11,15-17H,4-7,10H2,1H3. The maximum Gasteiger partial charge on any atom is 0.115 e. The Morgan fingerprint density at radius 2 is 2.35 bits per heavy atom. The molecule has 1 aliphatic carbocycles. The van der Waals surface area contributed by atoms with E-state index in [-0.39, 0.29) is 0 Å². The van der Waals surface area contributed by atoms with Gasteiger partial charge in [0.1, 0.15) is 5.75 Å². The molecule has 2 heteroatoms. The van der Waals surface area contributed by atoms with Gasteiger partial charge in [0.2, 0.25) is 0 Å². The molecule has 17 heavy (non-hydrogen) atoms. The van der Waals surface area contributed by atoms with Gasteiger partial charge in [0.25, 0.3) is 0 Å². The van der Waals surface area contributed by atoms with E-state index in [0.717, 1.165) is 25.8 Å². The van der Waals surface area contributed by atoms with Gasteiger partial charge in [-0.2, -0.15) is 0 Å². The molecular formula is C15H19NO.